The first-order valence-corrected chi connectivity index (χ1v) is 7.93. The summed E-state index contributed by atoms with van der Waals surface area (Å²) in [4.78, 5) is 12.0. The van der Waals surface area contributed by atoms with Crippen molar-refractivity contribution in [3.8, 4) is 0 Å². The Balaban J connectivity index is 1.67. The molecule has 1 aliphatic heterocycles. The van der Waals surface area contributed by atoms with Gasteiger partial charge in [-0.05, 0) is 31.6 Å². The van der Waals surface area contributed by atoms with Crippen LogP contribution in [0.1, 0.15) is 57.8 Å². The third kappa shape index (κ3) is 4.77. The summed E-state index contributed by atoms with van der Waals surface area (Å²) in [7, 11) is 0. The largest absolute Gasteiger partial charge is 0.364 e. The molecule has 0 unspecified atom stereocenters. The minimum atomic E-state index is -0.262. The molecule has 0 aromatic rings. The van der Waals surface area contributed by atoms with Crippen molar-refractivity contribution in [1.82, 2.24) is 5.32 Å². The van der Waals surface area contributed by atoms with E-state index >= 15 is 0 Å². The van der Waals surface area contributed by atoms with Gasteiger partial charge in [0.05, 0.1) is 6.10 Å². The number of hydrogen-bond donors (Lipinski definition) is 2. The highest BCUT2D eigenvalue weighted by Gasteiger charge is 2.29. The molecule has 1 heterocycles. The van der Waals surface area contributed by atoms with E-state index in [1.54, 1.807) is 0 Å². The van der Waals surface area contributed by atoms with Crippen molar-refractivity contribution in [2.75, 3.05) is 13.1 Å². The Labute approximate surface area is 116 Å². The topological polar surface area (TPSA) is 64.4 Å². The molecule has 2 rings (SSSR count). The lowest BCUT2D eigenvalue weighted by atomic mass is 9.91. The monoisotopic (exact) mass is 268 g/mol. The first-order chi connectivity index (χ1) is 9.29. The zero-order valence-electron chi connectivity index (χ0n) is 11.9. The lowest BCUT2D eigenvalue weighted by Crippen LogP contribution is -2.38. The molecule has 0 spiro atoms. The quantitative estimate of drug-likeness (QED) is 0.819. The van der Waals surface area contributed by atoms with Crippen LogP contribution in [0.4, 0.5) is 0 Å². The first kappa shape index (κ1) is 14.8. The highest BCUT2D eigenvalue weighted by molar-refractivity contribution is 5.81. The van der Waals surface area contributed by atoms with Crippen LogP contribution in [0.2, 0.25) is 0 Å². The number of ether oxygens (including phenoxy) is 1. The Morgan fingerprint density at radius 2 is 1.74 bits per heavy atom. The maximum atomic E-state index is 12.0. The van der Waals surface area contributed by atoms with Crippen molar-refractivity contribution in [3.63, 3.8) is 0 Å². The normalized spacial score (nSPS) is 29.7. The van der Waals surface area contributed by atoms with Gasteiger partial charge in [0, 0.05) is 13.1 Å². The van der Waals surface area contributed by atoms with Gasteiger partial charge in [-0.3, -0.25) is 4.79 Å². The summed E-state index contributed by atoms with van der Waals surface area (Å²) in [6.07, 6.45) is 10.8. The van der Waals surface area contributed by atoms with Crippen LogP contribution in [0, 0.1) is 5.92 Å². The summed E-state index contributed by atoms with van der Waals surface area (Å²) in [5.74, 6) is 0.731. The molecule has 0 radical (unpaired) electrons. The fourth-order valence-corrected chi connectivity index (χ4v) is 3.18. The Morgan fingerprint density at radius 3 is 2.37 bits per heavy atom. The molecule has 1 saturated heterocycles. The molecule has 1 aliphatic carbocycles. The van der Waals surface area contributed by atoms with Crippen LogP contribution in [-0.2, 0) is 9.53 Å². The molecule has 2 atom stereocenters. The molecule has 19 heavy (non-hydrogen) atoms. The van der Waals surface area contributed by atoms with E-state index in [9.17, 15) is 4.79 Å². The van der Waals surface area contributed by atoms with Gasteiger partial charge in [-0.25, -0.2) is 0 Å². The fraction of sp³-hybridized carbons (Fsp3) is 0.933. The van der Waals surface area contributed by atoms with Crippen LogP contribution in [-0.4, -0.2) is 31.2 Å². The second-order valence-electron chi connectivity index (χ2n) is 6.02. The zero-order valence-corrected chi connectivity index (χ0v) is 11.9. The first-order valence-electron chi connectivity index (χ1n) is 7.93. The van der Waals surface area contributed by atoms with E-state index < -0.39 is 0 Å². The molecular weight excluding hydrogens is 240 g/mol. The lowest BCUT2D eigenvalue weighted by molar-refractivity contribution is -0.132. The van der Waals surface area contributed by atoms with Crippen LogP contribution in [0.15, 0.2) is 0 Å². The highest BCUT2D eigenvalue weighted by Crippen LogP contribution is 2.22. The standard InChI is InChI=1S/C15H28N2O2/c16-10-13-8-9-14(19-13)15(18)17-11-12-6-4-2-1-3-5-7-12/h12-14H,1-11,16H2,(H,17,18)/t13-,14+/m1/s1. The van der Waals surface area contributed by atoms with Crippen LogP contribution < -0.4 is 11.1 Å². The molecule has 0 aromatic heterocycles. The SMILES string of the molecule is NC[C@H]1CC[C@@H](C(=O)NCC2CCCCCCC2)O1. The minimum absolute atomic E-state index is 0.0676. The maximum Gasteiger partial charge on any atom is 0.249 e. The van der Waals surface area contributed by atoms with E-state index in [0.717, 1.165) is 19.4 Å². The Bertz CT molecular complexity index is 275. The third-order valence-electron chi connectivity index (χ3n) is 4.45. The highest BCUT2D eigenvalue weighted by atomic mass is 16.5. The molecular formula is C15H28N2O2. The minimum Gasteiger partial charge on any atom is -0.364 e. The van der Waals surface area contributed by atoms with Crippen LogP contribution in [0.3, 0.4) is 0 Å². The molecule has 110 valence electrons. The van der Waals surface area contributed by atoms with E-state index in [-0.39, 0.29) is 18.1 Å². The number of nitrogens with two attached hydrogens (primary N) is 1. The van der Waals surface area contributed by atoms with Crippen molar-refractivity contribution < 1.29 is 9.53 Å². The molecule has 1 amide bonds. The summed E-state index contributed by atoms with van der Waals surface area (Å²) in [6, 6.07) is 0. The van der Waals surface area contributed by atoms with Crippen molar-refractivity contribution in [2.24, 2.45) is 11.7 Å². The number of hydrogen-bond acceptors (Lipinski definition) is 3. The Hall–Kier alpha value is -0.610. The molecule has 2 aliphatic rings. The van der Waals surface area contributed by atoms with Crippen molar-refractivity contribution in [1.29, 1.82) is 0 Å². The van der Waals surface area contributed by atoms with Gasteiger partial charge >= 0.3 is 0 Å². The fourth-order valence-electron chi connectivity index (χ4n) is 3.18. The van der Waals surface area contributed by atoms with Gasteiger partial charge in [-0.2, -0.15) is 0 Å². The molecule has 4 heteroatoms. The molecule has 1 saturated carbocycles. The van der Waals surface area contributed by atoms with E-state index in [4.69, 9.17) is 10.5 Å². The van der Waals surface area contributed by atoms with Gasteiger partial charge in [-0.15, -0.1) is 0 Å². The van der Waals surface area contributed by atoms with Crippen LogP contribution in [0.25, 0.3) is 0 Å². The Kier molecular flexibility index (Phi) is 6.11. The summed E-state index contributed by atoms with van der Waals surface area (Å²) in [5.41, 5.74) is 5.56. The molecule has 0 aromatic carbocycles. The number of rotatable bonds is 4. The summed E-state index contributed by atoms with van der Waals surface area (Å²) < 4.78 is 5.62. The lowest BCUT2D eigenvalue weighted by Gasteiger charge is -2.21. The second kappa shape index (κ2) is 7.85. The number of carbonyl (C=O) groups excluding carboxylic acids is 1. The van der Waals surface area contributed by atoms with Crippen molar-refractivity contribution in [2.45, 2.75) is 70.0 Å². The van der Waals surface area contributed by atoms with Gasteiger partial charge in [0.15, 0.2) is 0 Å². The predicted octanol–water partition coefficient (Wildman–Crippen LogP) is 1.97. The molecule has 0 bridgehead atoms. The van der Waals surface area contributed by atoms with E-state index in [1.807, 2.05) is 0 Å². The molecule has 3 N–H and O–H groups in total. The summed E-state index contributed by atoms with van der Waals surface area (Å²) >= 11 is 0. The van der Waals surface area contributed by atoms with Crippen LogP contribution >= 0.6 is 0 Å². The average Bonchev–Trinajstić information content (AvgIpc) is 2.86. The summed E-state index contributed by atoms with van der Waals surface area (Å²) in [6.45, 7) is 1.35. The number of nitrogens with one attached hydrogen (secondary N) is 1. The zero-order chi connectivity index (χ0) is 13.5. The van der Waals surface area contributed by atoms with Crippen molar-refractivity contribution >= 4 is 5.91 Å². The maximum absolute atomic E-state index is 12.0. The number of amides is 1. The third-order valence-corrected chi connectivity index (χ3v) is 4.45. The second-order valence-corrected chi connectivity index (χ2v) is 6.02. The predicted molar refractivity (Wildman–Crippen MR) is 75.8 cm³/mol. The average molecular weight is 268 g/mol. The van der Waals surface area contributed by atoms with Crippen molar-refractivity contribution in [3.05, 3.63) is 0 Å². The van der Waals surface area contributed by atoms with Gasteiger partial charge in [0.1, 0.15) is 6.10 Å². The number of carbonyl (C=O) groups is 1. The van der Waals surface area contributed by atoms with Gasteiger partial charge in [-0.1, -0.05) is 32.1 Å². The Morgan fingerprint density at radius 1 is 1.05 bits per heavy atom. The summed E-state index contributed by atoms with van der Waals surface area (Å²) in [5, 5.41) is 3.08. The van der Waals surface area contributed by atoms with Gasteiger partial charge in [0.2, 0.25) is 5.91 Å². The molecule has 4 nitrogen and oxygen atoms in total. The smallest absolute Gasteiger partial charge is 0.249 e. The van der Waals surface area contributed by atoms with E-state index in [1.165, 1.54) is 44.9 Å². The van der Waals surface area contributed by atoms with Gasteiger partial charge in [0.25, 0.3) is 0 Å². The molecule has 2 fully saturated rings. The van der Waals surface area contributed by atoms with E-state index in [2.05, 4.69) is 5.32 Å². The van der Waals surface area contributed by atoms with Gasteiger partial charge < -0.3 is 15.8 Å². The van der Waals surface area contributed by atoms with Crippen LogP contribution in [0.5, 0.6) is 0 Å². The van der Waals surface area contributed by atoms with E-state index in [0.29, 0.717) is 12.5 Å².